The third kappa shape index (κ3) is 5.27. The van der Waals surface area contributed by atoms with Gasteiger partial charge in [0, 0.05) is 24.5 Å². The van der Waals surface area contributed by atoms with Crippen molar-refractivity contribution < 1.29 is 9.53 Å². The second kappa shape index (κ2) is 8.96. The number of hydrogen-bond donors (Lipinski definition) is 1. The van der Waals surface area contributed by atoms with Crippen LogP contribution in [-0.2, 0) is 13.0 Å². The summed E-state index contributed by atoms with van der Waals surface area (Å²) in [5.41, 5.74) is 2.11. The average molecular weight is 447 g/mol. The van der Waals surface area contributed by atoms with E-state index in [-0.39, 0.29) is 6.03 Å². The summed E-state index contributed by atoms with van der Waals surface area (Å²) in [6.45, 7) is 0.489. The zero-order chi connectivity index (χ0) is 19.2. The third-order valence-corrected chi connectivity index (χ3v) is 5.49. The zero-order valence-corrected chi connectivity index (χ0v) is 17.4. The van der Waals surface area contributed by atoms with Gasteiger partial charge in [-0.15, -0.1) is 10.2 Å². The van der Waals surface area contributed by atoms with Crippen molar-refractivity contribution in [3.05, 3.63) is 69.1 Å². The second-order valence-electron chi connectivity index (χ2n) is 5.91. The molecule has 1 aromatic heterocycles. The van der Waals surface area contributed by atoms with E-state index >= 15 is 0 Å². The number of urea groups is 1. The van der Waals surface area contributed by atoms with Gasteiger partial charge in [-0.1, -0.05) is 57.6 Å². The van der Waals surface area contributed by atoms with Gasteiger partial charge in [0.05, 0.1) is 7.11 Å². The van der Waals surface area contributed by atoms with Crippen molar-refractivity contribution in [3.63, 3.8) is 0 Å². The summed E-state index contributed by atoms with van der Waals surface area (Å²) in [7, 11) is 3.38. The van der Waals surface area contributed by atoms with Crippen molar-refractivity contribution in [1.82, 2.24) is 15.1 Å². The fourth-order valence-corrected chi connectivity index (χ4v) is 3.65. The highest BCUT2D eigenvalue weighted by molar-refractivity contribution is 9.10. The van der Waals surface area contributed by atoms with Crippen LogP contribution in [0.5, 0.6) is 5.75 Å². The molecule has 3 aromatic rings. The first-order valence-corrected chi connectivity index (χ1v) is 9.87. The lowest BCUT2D eigenvalue weighted by molar-refractivity contribution is 0.220. The highest BCUT2D eigenvalue weighted by atomic mass is 79.9. The van der Waals surface area contributed by atoms with Crippen LogP contribution in [0.2, 0.25) is 0 Å². The van der Waals surface area contributed by atoms with Crippen LogP contribution in [0.3, 0.4) is 0 Å². The Balaban J connectivity index is 1.59. The number of carbonyl (C=O) groups excluding carboxylic acids is 1. The highest BCUT2D eigenvalue weighted by Crippen LogP contribution is 2.22. The topological polar surface area (TPSA) is 67.4 Å². The van der Waals surface area contributed by atoms with E-state index < -0.39 is 0 Å². The summed E-state index contributed by atoms with van der Waals surface area (Å²) in [4.78, 5) is 14.0. The number of amides is 2. The predicted octanol–water partition coefficient (Wildman–Crippen LogP) is 4.56. The number of anilines is 1. The fraction of sp³-hybridized carbons (Fsp3) is 0.211. The molecule has 0 saturated carbocycles. The quantitative estimate of drug-likeness (QED) is 0.602. The van der Waals surface area contributed by atoms with Gasteiger partial charge in [0.25, 0.3) is 0 Å². The average Bonchev–Trinajstić information content (AvgIpc) is 3.10. The molecule has 8 heteroatoms. The number of rotatable bonds is 6. The Kier molecular flexibility index (Phi) is 6.41. The van der Waals surface area contributed by atoms with Gasteiger partial charge in [-0.25, -0.2) is 4.79 Å². The molecule has 0 atom stereocenters. The molecule has 3 rings (SSSR count). The largest absolute Gasteiger partial charge is 0.497 e. The van der Waals surface area contributed by atoms with E-state index in [9.17, 15) is 4.79 Å². The molecule has 0 fully saturated rings. The van der Waals surface area contributed by atoms with E-state index in [4.69, 9.17) is 4.74 Å². The van der Waals surface area contributed by atoms with Crippen LogP contribution < -0.4 is 10.1 Å². The lowest BCUT2D eigenvalue weighted by Crippen LogP contribution is -2.30. The maximum Gasteiger partial charge on any atom is 0.323 e. The third-order valence-electron chi connectivity index (χ3n) is 3.88. The molecule has 1 N–H and O–H groups in total. The van der Waals surface area contributed by atoms with Crippen LogP contribution >= 0.6 is 27.3 Å². The molecular weight excluding hydrogens is 428 g/mol. The molecule has 2 aromatic carbocycles. The van der Waals surface area contributed by atoms with Crippen LogP contribution in [0.4, 0.5) is 9.93 Å². The number of nitrogens with one attached hydrogen (secondary N) is 1. The van der Waals surface area contributed by atoms with Crippen molar-refractivity contribution >= 4 is 38.4 Å². The standard InChI is InChI=1S/C19H19BrN4O2S/c1-24(12-14-7-3-4-9-16(14)20)19(25)21-18-23-22-17(27-18)11-13-6-5-8-15(10-13)26-2/h3-10H,11-12H2,1-2H3,(H,21,23,25). The molecule has 0 spiro atoms. The highest BCUT2D eigenvalue weighted by Gasteiger charge is 2.14. The number of halogens is 1. The molecule has 0 aliphatic heterocycles. The number of nitrogens with zero attached hydrogens (tertiary/aromatic N) is 3. The molecule has 2 amide bonds. The molecule has 0 saturated heterocycles. The van der Waals surface area contributed by atoms with Gasteiger partial charge in [-0.3, -0.25) is 5.32 Å². The van der Waals surface area contributed by atoms with Crippen LogP contribution in [0.25, 0.3) is 0 Å². The zero-order valence-electron chi connectivity index (χ0n) is 15.0. The summed E-state index contributed by atoms with van der Waals surface area (Å²) >= 11 is 4.86. The molecule has 0 aliphatic carbocycles. The SMILES string of the molecule is COc1cccc(Cc2nnc(NC(=O)N(C)Cc3ccccc3Br)s2)c1. The minimum atomic E-state index is -0.227. The van der Waals surface area contributed by atoms with E-state index in [0.717, 1.165) is 26.4 Å². The normalized spacial score (nSPS) is 10.5. The molecule has 27 heavy (non-hydrogen) atoms. The Morgan fingerprint density at radius 1 is 1.22 bits per heavy atom. The molecule has 6 nitrogen and oxygen atoms in total. The number of carbonyl (C=O) groups is 1. The molecular formula is C19H19BrN4O2S. The summed E-state index contributed by atoms with van der Waals surface area (Å²) in [5, 5.41) is 12.3. The molecule has 0 radical (unpaired) electrons. The second-order valence-corrected chi connectivity index (χ2v) is 7.82. The molecule has 1 heterocycles. The van der Waals surface area contributed by atoms with Crippen molar-refractivity contribution in [3.8, 4) is 5.75 Å². The van der Waals surface area contributed by atoms with Crippen molar-refractivity contribution in [2.45, 2.75) is 13.0 Å². The Hall–Kier alpha value is -2.45. The molecule has 140 valence electrons. The van der Waals surface area contributed by atoms with Gasteiger partial charge >= 0.3 is 6.03 Å². The van der Waals surface area contributed by atoms with Gasteiger partial charge < -0.3 is 9.64 Å². The van der Waals surface area contributed by atoms with Gasteiger partial charge in [-0.2, -0.15) is 0 Å². The first-order valence-electron chi connectivity index (χ1n) is 8.26. The minimum absolute atomic E-state index is 0.227. The molecule has 0 unspecified atom stereocenters. The van der Waals surface area contributed by atoms with Crippen molar-refractivity contribution in [2.75, 3.05) is 19.5 Å². The predicted molar refractivity (Wildman–Crippen MR) is 110 cm³/mol. The van der Waals surface area contributed by atoms with E-state index in [1.165, 1.54) is 11.3 Å². The first kappa shape index (κ1) is 19.3. The van der Waals surface area contributed by atoms with E-state index in [1.807, 2.05) is 48.5 Å². The van der Waals surface area contributed by atoms with Gasteiger partial charge in [0.15, 0.2) is 0 Å². The van der Waals surface area contributed by atoms with Crippen LogP contribution in [0.1, 0.15) is 16.1 Å². The molecule has 0 aliphatic rings. The summed E-state index contributed by atoms with van der Waals surface area (Å²) in [6, 6.07) is 15.4. The van der Waals surface area contributed by atoms with Crippen LogP contribution in [-0.4, -0.2) is 35.3 Å². The van der Waals surface area contributed by atoms with Crippen LogP contribution in [0.15, 0.2) is 53.0 Å². The smallest absolute Gasteiger partial charge is 0.323 e. The number of hydrogen-bond acceptors (Lipinski definition) is 5. The number of benzene rings is 2. The molecule has 0 bridgehead atoms. The van der Waals surface area contributed by atoms with E-state index in [1.54, 1.807) is 19.1 Å². The summed E-state index contributed by atoms with van der Waals surface area (Å²) in [5.74, 6) is 0.805. The van der Waals surface area contributed by atoms with Gasteiger partial charge in [0.2, 0.25) is 5.13 Å². The number of aromatic nitrogens is 2. The lowest BCUT2D eigenvalue weighted by Gasteiger charge is -2.17. The van der Waals surface area contributed by atoms with Gasteiger partial charge in [0.1, 0.15) is 10.8 Å². The summed E-state index contributed by atoms with van der Waals surface area (Å²) in [6.07, 6.45) is 0.636. The first-order chi connectivity index (χ1) is 13.0. The minimum Gasteiger partial charge on any atom is -0.497 e. The number of ether oxygens (including phenoxy) is 1. The Labute approximate surface area is 170 Å². The van der Waals surface area contributed by atoms with E-state index in [2.05, 4.69) is 31.4 Å². The maximum atomic E-state index is 12.4. The van der Waals surface area contributed by atoms with Crippen molar-refractivity contribution in [1.29, 1.82) is 0 Å². The van der Waals surface area contributed by atoms with Crippen LogP contribution in [0, 0.1) is 0 Å². The summed E-state index contributed by atoms with van der Waals surface area (Å²) < 4.78 is 6.21. The maximum absolute atomic E-state index is 12.4. The Morgan fingerprint density at radius 2 is 2.04 bits per heavy atom. The monoisotopic (exact) mass is 446 g/mol. The van der Waals surface area contributed by atoms with Crippen molar-refractivity contribution in [2.24, 2.45) is 0 Å². The number of methoxy groups -OCH3 is 1. The lowest BCUT2D eigenvalue weighted by atomic mass is 10.1. The van der Waals surface area contributed by atoms with E-state index in [0.29, 0.717) is 18.1 Å². The Bertz CT molecular complexity index is 931. The van der Waals surface area contributed by atoms with Gasteiger partial charge in [-0.05, 0) is 29.3 Å². The fourth-order valence-electron chi connectivity index (χ4n) is 2.47. The Morgan fingerprint density at radius 3 is 2.81 bits per heavy atom.